The van der Waals surface area contributed by atoms with Crippen LogP contribution in [0.5, 0.6) is 0 Å². The van der Waals surface area contributed by atoms with Crippen LogP contribution in [0.1, 0.15) is 31.0 Å². The van der Waals surface area contributed by atoms with Crippen molar-refractivity contribution in [3.8, 4) is 0 Å². The van der Waals surface area contributed by atoms with Crippen molar-refractivity contribution in [3.63, 3.8) is 0 Å². The highest BCUT2D eigenvalue weighted by Gasteiger charge is 2.02. The highest BCUT2D eigenvalue weighted by Crippen LogP contribution is 2.12. The van der Waals surface area contributed by atoms with Gasteiger partial charge in [0.2, 0.25) is 0 Å². The Kier molecular flexibility index (Phi) is 3.90. The summed E-state index contributed by atoms with van der Waals surface area (Å²) in [5.74, 6) is 0. The average molecular weight is 189 g/mol. The second-order valence-corrected chi connectivity index (χ2v) is 3.97. The third-order valence-corrected chi connectivity index (χ3v) is 2.29. The van der Waals surface area contributed by atoms with Gasteiger partial charge >= 0.3 is 0 Å². The van der Waals surface area contributed by atoms with Gasteiger partial charge in [0, 0.05) is 12.6 Å². The summed E-state index contributed by atoms with van der Waals surface area (Å²) in [4.78, 5) is 0. The second kappa shape index (κ2) is 4.97. The molecule has 0 aromatic heterocycles. The van der Waals surface area contributed by atoms with E-state index in [1.165, 1.54) is 16.7 Å². The lowest BCUT2D eigenvalue weighted by Gasteiger charge is -2.14. The Labute approximate surface area is 86.8 Å². The molecule has 0 spiro atoms. The maximum atomic E-state index is 3.87. The minimum atomic E-state index is 0.396. The molecule has 0 bridgehead atoms. The van der Waals surface area contributed by atoms with Crippen LogP contribution in [0.15, 0.2) is 36.4 Å². The zero-order chi connectivity index (χ0) is 10.6. The number of aryl methyl sites for hydroxylation is 1. The second-order valence-electron chi connectivity index (χ2n) is 3.97. The van der Waals surface area contributed by atoms with Gasteiger partial charge in [-0.25, -0.2) is 0 Å². The van der Waals surface area contributed by atoms with Gasteiger partial charge in [0.25, 0.3) is 0 Å². The molecule has 0 unspecified atom stereocenters. The summed E-state index contributed by atoms with van der Waals surface area (Å²) in [6.45, 7) is 11.1. The molecule has 14 heavy (non-hydrogen) atoms. The van der Waals surface area contributed by atoms with Crippen LogP contribution in [0, 0.1) is 6.92 Å². The molecule has 1 heteroatoms. The predicted molar refractivity (Wildman–Crippen MR) is 62.4 cm³/mol. The van der Waals surface area contributed by atoms with Gasteiger partial charge in [0.15, 0.2) is 0 Å². The minimum absolute atomic E-state index is 0.396. The van der Waals surface area contributed by atoms with E-state index in [4.69, 9.17) is 0 Å². The summed E-state index contributed by atoms with van der Waals surface area (Å²) in [5, 5.41) is 3.42. The van der Waals surface area contributed by atoms with E-state index in [1.807, 2.05) is 6.92 Å². The van der Waals surface area contributed by atoms with Crippen molar-refractivity contribution in [1.82, 2.24) is 5.32 Å². The van der Waals surface area contributed by atoms with Gasteiger partial charge in [-0.2, -0.15) is 0 Å². The highest BCUT2D eigenvalue weighted by atomic mass is 14.9. The molecule has 0 aliphatic heterocycles. The fourth-order valence-electron chi connectivity index (χ4n) is 1.30. The Balaban J connectivity index is 2.56. The zero-order valence-corrected chi connectivity index (χ0v) is 9.30. The van der Waals surface area contributed by atoms with E-state index in [-0.39, 0.29) is 0 Å². The maximum absolute atomic E-state index is 3.87. The molecule has 0 radical (unpaired) electrons. The van der Waals surface area contributed by atoms with Gasteiger partial charge < -0.3 is 5.32 Å². The smallest absolute Gasteiger partial charge is 0.0294 e. The number of hydrogen-bond acceptors (Lipinski definition) is 1. The van der Waals surface area contributed by atoms with Gasteiger partial charge in [0.1, 0.15) is 0 Å². The summed E-state index contributed by atoms with van der Waals surface area (Å²) >= 11 is 0. The molecule has 1 aromatic rings. The van der Waals surface area contributed by atoms with Crippen LogP contribution in [0.25, 0.3) is 0 Å². The summed E-state index contributed by atoms with van der Waals surface area (Å²) in [6, 6.07) is 9.03. The van der Waals surface area contributed by atoms with Crippen molar-refractivity contribution < 1.29 is 0 Å². The number of benzene rings is 1. The first-order chi connectivity index (χ1) is 6.59. The third-order valence-electron chi connectivity index (χ3n) is 2.29. The Morgan fingerprint density at radius 2 is 1.93 bits per heavy atom. The molecular formula is C13H19N. The largest absolute Gasteiger partial charge is 0.306 e. The van der Waals surface area contributed by atoms with E-state index in [0.717, 1.165) is 6.54 Å². The average Bonchev–Trinajstić information content (AvgIpc) is 2.15. The van der Waals surface area contributed by atoms with Crippen molar-refractivity contribution in [2.45, 2.75) is 26.8 Å². The van der Waals surface area contributed by atoms with Crippen LogP contribution in [-0.2, 0) is 0 Å². The Morgan fingerprint density at radius 3 is 2.43 bits per heavy atom. The SMILES string of the molecule is C=C(C)CN[C@@H](C)c1ccc(C)cc1. The quantitative estimate of drug-likeness (QED) is 0.717. The fourth-order valence-corrected chi connectivity index (χ4v) is 1.30. The monoisotopic (exact) mass is 189 g/mol. The zero-order valence-electron chi connectivity index (χ0n) is 9.30. The van der Waals surface area contributed by atoms with Crippen LogP contribution in [-0.4, -0.2) is 6.54 Å². The molecule has 0 saturated carbocycles. The number of nitrogens with one attached hydrogen (secondary N) is 1. The van der Waals surface area contributed by atoms with Crippen LogP contribution in [0.2, 0.25) is 0 Å². The standard InChI is InChI=1S/C13H19N/c1-10(2)9-14-12(4)13-7-5-11(3)6-8-13/h5-8,12,14H,1,9H2,2-4H3/t12-/m0/s1. The molecule has 1 rings (SSSR count). The number of hydrogen-bond donors (Lipinski definition) is 1. The molecule has 0 saturated heterocycles. The normalized spacial score (nSPS) is 12.5. The molecular weight excluding hydrogens is 170 g/mol. The van der Waals surface area contributed by atoms with Crippen LogP contribution >= 0.6 is 0 Å². The Bertz CT molecular complexity index is 298. The maximum Gasteiger partial charge on any atom is 0.0294 e. The summed E-state index contributed by atoms with van der Waals surface area (Å²) in [7, 11) is 0. The number of rotatable bonds is 4. The molecule has 0 aliphatic carbocycles. The van der Waals surface area contributed by atoms with Crippen LogP contribution < -0.4 is 5.32 Å². The highest BCUT2D eigenvalue weighted by molar-refractivity contribution is 5.23. The molecule has 1 nitrogen and oxygen atoms in total. The van der Waals surface area contributed by atoms with E-state index >= 15 is 0 Å². The van der Waals surface area contributed by atoms with Crippen molar-refractivity contribution in [1.29, 1.82) is 0 Å². The molecule has 0 fully saturated rings. The third kappa shape index (κ3) is 3.35. The Hall–Kier alpha value is -1.08. The lowest BCUT2D eigenvalue weighted by molar-refractivity contribution is 0.607. The van der Waals surface area contributed by atoms with Crippen molar-refractivity contribution >= 4 is 0 Å². The molecule has 0 aliphatic rings. The summed E-state index contributed by atoms with van der Waals surface area (Å²) in [6.07, 6.45) is 0. The summed E-state index contributed by atoms with van der Waals surface area (Å²) in [5.41, 5.74) is 3.81. The van der Waals surface area contributed by atoms with E-state index in [1.54, 1.807) is 0 Å². The summed E-state index contributed by atoms with van der Waals surface area (Å²) < 4.78 is 0. The van der Waals surface area contributed by atoms with E-state index in [9.17, 15) is 0 Å². The van der Waals surface area contributed by atoms with Gasteiger partial charge in [-0.3, -0.25) is 0 Å². The van der Waals surface area contributed by atoms with E-state index in [0.29, 0.717) is 6.04 Å². The van der Waals surface area contributed by atoms with Gasteiger partial charge in [-0.15, -0.1) is 0 Å². The Morgan fingerprint density at radius 1 is 1.36 bits per heavy atom. The van der Waals surface area contributed by atoms with Crippen molar-refractivity contribution in [2.24, 2.45) is 0 Å². The topological polar surface area (TPSA) is 12.0 Å². The molecule has 0 heterocycles. The molecule has 1 N–H and O–H groups in total. The minimum Gasteiger partial charge on any atom is -0.306 e. The van der Waals surface area contributed by atoms with E-state index in [2.05, 4.69) is 50.0 Å². The van der Waals surface area contributed by atoms with Crippen molar-refractivity contribution in [3.05, 3.63) is 47.5 Å². The lowest BCUT2D eigenvalue weighted by Crippen LogP contribution is -2.20. The lowest BCUT2D eigenvalue weighted by atomic mass is 10.1. The van der Waals surface area contributed by atoms with E-state index < -0.39 is 0 Å². The first-order valence-electron chi connectivity index (χ1n) is 5.04. The van der Waals surface area contributed by atoms with Crippen LogP contribution in [0.4, 0.5) is 0 Å². The van der Waals surface area contributed by atoms with Crippen molar-refractivity contribution in [2.75, 3.05) is 6.54 Å². The predicted octanol–water partition coefficient (Wildman–Crippen LogP) is 3.22. The fraction of sp³-hybridized carbons (Fsp3) is 0.385. The van der Waals surface area contributed by atoms with Gasteiger partial charge in [0.05, 0.1) is 0 Å². The van der Waals surface area contributed by atoms with Crippen LogP contribution in [0.3, 0.4) is 0 Å². The first-order valence-corrected chi connectivity index (χ1v) is 5.04. The molecule has 0 amide bonds. The van der Waals surface area contributed by atoms with Gasteiger partial charge in [-0.05, 0) is 26.3 Å². The molecule has 1 atom stereocenters. The molecule has 1 aromatic carbocycles. The molecule has 76 valence electrons. The first kappa shape index (κ1) is 11.0. The van der Waals surface area contributed by atoms with Gasteiger partial charge in [-0.1, -0.05) is 42.0 Å².